The van der Waals surface area contributed by atoms with Crippen LogP contribution in [0.5, 0.6) is 0 Å². The van der Waals surface area contributed by atoms with E-state index >= 15 is 0 Å². The number of aliphatic hydroxyl groups is 1. The smallest absolute Gasteiger partial charge is 0.257 e. The third-order valence-corrected chi connectivity index (χ3v) is 4.49. The van der Waals surface area contributed by atoms with Crippen molar-refractivity contribution in [3.05, 3.63) is 59.8 Å². The van der Waals surface area contributed by atoms with Crippen molar-refractivity contribution in [2.45, 2.75) is 25.7 Å². The first-order chi connectivity index (χ1) is 13.0. The van der Waals surface area contributed by atoms with Gasteiger partial charge in [0.15, 0.2) is 0 Å². The molecule has 1 N–H and O–H groups in total. The topological polar surface area (TPSA) is 66.2 Å². The summed E-state index contributed by atoms with van der Waals surface area (Å²) in [6, 6.07) is 9.49. The van der Waals surface area contributed by atoms with Gasteiger partial charge < -0.3 is 19.2 Å². The van der Waals surface area contributed by atoms with Gasteiger partial charge in [0.05, 0.1) is 37.2 Å². The predicted molar refractivity (Wildman–Crippen MR) is 97.7 cm³/mol. The fraction of sp³-hybridized carbons (Fsp3) is 0.450. The van der Waals surface area contributed by atoms with Crippen LogP contribution in [0.3, 0.4) is 0 Å². The summed E-state index contributed by atoms with van der Waals surface area (Å²) < 4.78 is 25.3. The second kappa shape index (κ2) is 9.12. The first-order valence-electron chi connectivity index (χ1n) is 9.11. The van der Waals surface area contributed by atoms with Gasteiger partial charge in [0, 0.05) is 26.2 Å². The molecule has 1 fully saturated rings. The van der Waals surface area contributed by atoms with Crippen LogP contribution in [0.1, 0.15) is 23.0 Å². The van der Waals surface area contributed by atoms with Gasteiger partial charge in [-0.05, 0) is 31.2 Å². The zero-order valence-corrected chi connectivity index (χ0v) is 15.4. The molecule has 6 nitrogen and oxygen atoms in total. The van der Waals surface area contributed by atoms with Crippen molar-refractivity contribution in [2.24, 2.45) is 0 Å². The van der Waals surface area contributed by atoms with E-state index in [4.69, 9.17) is 9.15 Å². The van der Waals surface area contributed by atoms with Crippen LogP contribution in [-0.4, -0.2) is 65.8 Å². The van der Waals surface area contributed by atoms with Gasteiger partial charge in [0.2, 0.25) is 0 Å². The summed E-state index contributed by atoms with van der Waals surface area (Å²) >= 11 is 0. The van der Waals surface area contributed by atoms with Gasteiger partial charge in [-0.2, -0.15) is 0 Å². The minimum absolute atomic E-state index is 0.0284. The third kappa shape index (κ3) is 5.38. The van der Waals surface area contributed by atoms with Crippen molar-refractivity contribution in [1.82, 2.24) is 9.80 Å². The average Bonchev–Trinajstić information content (AvgIpc) is 3.14. The molecule has 2 unspecified atom stereocenters. The Balaban J connectivity index is 1.74. The number of carbonyl (C=O) groups excluding carboxylic acids is 1. The van der Waals surface area contributed by atoms with Gasteiger partial charge >= 0.3 is 0 Å². The van der Waals surface area contributed by atoms with Gasteiger partial charge in [-0.3, -0.25) is 9.69 Å². The molecule has 2 heterocycles. The van der Waals surface area contributed by atoms with Crippen LogP contribution in [0.25, 0.3) is 0 Å². The second-order valence-electron chi connectivity index (χ2n) is 6.85. The lowest BCUT2D eigenvalue weighted by atomic mass is 10.1. The number of furan rings is 1. The van der Waals surface area contributed by atoms with Crippen molar-refractivity contribution in [2.75, 3.05) is 32.8 Å². The number of ether oxygens (including phenoxy) is 1. The molecule has 1 saturated heterocycles. The molecule has 0 aliphatic carbocycles. The summed E-state index contributed by atoms with van der Waals surface area (Å²) in [5.41, 5.74) is 0.0284. The molecule has 3 rings (SSSR count). The van der Waals surface area contributed by atoms with E-state index in [1.807, 2.05) is 0 Å². The molecule has 1 aliphatic rings. The Bertz CT molecular complexity index is 735. The molecule has 1 aromatic carbocycles. The summed E-state index contributed by atoms with van der Waals surface area (Å²) in [6.45, 7) is 4.71. The highest BCUT2D eigenvalue weighted by Crippen LogP contribution is 2.16. The van der Waals surface area contributed by atoms with E-state index in [1.165, 1.54) is 12.1 Å². The molecule has 1 aromatic heterocycles. The Morgan fingerprint density at radius 2 is 2.19 bits per heavy atom. The minimum atomic E-state index is -0.549. The number of amides is 1. The number of morpholine rings is 1. The number of rotatable bonds is 7. The maximum atomic E-state index is 14.1. The number of halogens is 1. The van der Waals surface area contributed by atoms with Crippen LogP contribution in [-0.2, 0) is 11.3 Å². The standard InChI is InChI=1S/C20H25FN2O4/c1-15(24)11-22-8-10-27-17(12-22)14-23(13-16-5-4-9-26-16)20(25)18-6-2-3-7-19(18)21/h2-7,9,15,17,24H,8,10-14H2,1H3. The first kappa shape index (κ1) is 19.5. The summed E-state index contributed by atoms with van der Waals surface area (Å²) in [4.78, 5) is 16.6. The van der Waals surface area contributed by atoms with Crippen LogP contribution >= 0.6 is 0 Å². The first-order valence-corrected chi connectivity index (χ1v) is 9.11. The lowest BCUT2D eigenvalue weighted by molar-refractivity contribution is -0.0502. The number of hydrogen-bond acceptors (Lipinski definition) is 5. The predicted octanol–water partition coefficient (Wildman–Crippen LogP) is 2.14. The molecule has 0 spiro atoms. The summed E-state index contributed by atoms with van der Waals surface area (Å²) in [6.07, 6.45) is 0.897. The van der Waals surface area contributed by atoms with Crippen LogP contribution in [0.4, 0.5) is 4.39 Å². The van der Waals surface area contributed by atoms with Crippen molar-refractivity contribution >= 4 is 5.91 Å². The van der Waals surface area contributed by atoms with Crippen molar-refractivity contribution in [3.8, 4) is 0 Å². The summed E-state index contributed by atoms with van der Waals surface area (Å²) in [5, 5.41) is 9.61. The second-order valence-corrected chi connectivity index (χ2v) is 6.85. The highest BCUT2D eigenvalue weighted by molar-refractivity contribution is 5.94. The Morgan fingerprint density at radius 1 is 1.37 bits per heavy atom. The molecule has 0 bridgehead atoms. The Morgan fingerprint density at radius 3 is 2.89 bits per heavy atom. The highest BCUT2D eigenvalue weighted by atomic mass is 19.1. The molecular formula is C20H25FN2O4. The van der Waals surface area contributed by atoms with E-state index in [-0.39, 0.29) is 18.2 Å². The molecular weight excluding hydrogens is 351 g/mol. The third-order valence-electron chi connectivity index (χ3n) is 4.49. The van der Waals surface area contributed by atoms with Crippen molar-refractivity contribution in [1.29, 1.82) is 0 Å². The highest BCUT2D eigenvalue weighted by Gasteiger charge is 2.27. The Labute approximate surface area is 158 Å². The fourth-order valence-electron chi connectivity index (χ4n) is 3.29. The van der Waals surface area contributed by atoms with Crippen molar-refractivity contribution in [3.63, 3.8) is 0 Å². The SMILES string of the molecule is CC(O)CN1CCOC(CN(Cc2ccco2)C(=O)c2ccccc2F)C1. The number of nitrogens with zero attached hydrogens (tertiary/aromatic N) is 2. The van der Waals surface area contributed by atoms with Gasteiger partial charge in [0.25, 0.3) is 5.91 Å². The molecule has 0 saturated carbocycles. The average molecular weight is 376 g/mol. The van der Waals surface area contributed by atoms with Crippen LogP contribution < -0.4 is 0 Å². The maximum Gasteiger partial charge on any atom is 0.257 e. The van der Waals surface area contributed by atoms with E-state index in [0.29, 0.717) is 32.0 Å². The van der Waals surface area contributed by atoms with E-state index in [0.717, 1.165) is 6.54 Å². The molecule has 2 aromatic rings. The van der Waals surface area contributed by atoms with Gasteiger partial charge in [-0.15, -0.1) is 0 Å². The molecule has 27 heavy (non-hydrogen) atoms. The minimum Gasteiger partial charge on any atom is -0.467 e. The Kier molecular flexibility index (Phi) is 6.60. The molecule has 1 aliphatic heterocycles. The maximum absolute atomic E-state index is 14.1. The quantitative estimate of drug-likeness (QED) is 0.802. The molecule has 0 radical (unpaired) electrons. The van der Waals surface area contributed by atoms with Crippen LogP contribution in [0.2, 0.25) is 0 Å². The molecule has 1 amide bonds. The summed E-state index contributed by atoms with van der Waals surface area (Å²) in [7, 11) is 0. The largest absolute Gasteiger partial charge is 0.467 e. The number of hydrogen-bond donors (Lipinski definition) is 1. The molecule has 2 atom stereocenters. The molecule has 7 heteroatoms. The zero-order valence-electron chi connectivity index (χ0n) is 15.4. The van der Waals surface area contributed by atoms with Gasteiger partial charge in [-0.25, -0.2) is 4.39 Å². The number of carbonyl (C=O) groups is 1. The fourth-order valence-corrected chi connectivity index (χ4v) is 3.29. The van der Waals surface area contributed by atoms with Gasteiger partial charge in [-0.1, -0.05) is 12.1 Å². The zero-order chi connectivity index (χ0) is 19.2. The van der Waals surface area contributed by atoms with E-state index in [2.05, 4.69) is 4.90 Å². The monoisotopic (exact) mass is 376 g/mol. The lowest BCUT2D eigenvalue weighted by Crippen LogP contribution is -2.50. The number of β-amino-alcohol motifs (C(OH)–C–C–N with tert-alkyl or cyclic N) is 1. The normalized spacial score (nSPS) is 19.0. The lowest BCUT2D eigenvalue weighted by Gasteiger charge is -2.36. The van der Waals surface area contributed by atoms with E-state index < -0.39 is 17.8 Å². The van der Waals surface area contributed by atoms with Crippen LogP contribution in [0.15, 0.2) is 47.1 Å². The number of benzene rings is 1. The van der Waals surface area contributed by atoms with Crippen molar-refractivity contribution < 1.29 is 23.4 Å². The van der Waals surface area contributed by atoms with E-state index in [9.17, 15) is 14.3 Å². The number of aliphatic hydroxyl groups excluding tert-OH is 1. The molecule has 146 valence electrons. The van der Waals surface area contributed by atoms with E-state index in [1.54, 1.807) is 42.4 Å². The Hall–Kier alpha value is -2.22. The van der Waals surface area contributed by atoms with Crippen LogP contribution in [0, 0.1) is 5.82 Å². The summed E-state index contributed by atoms with van der Waals surface area (Å²) in [5.74, 6) is -0.329. The van der Waals surface area contributed by atoms with Gasteiger partial charge in [0.1, 0.15) is 11.6 Å².